The monoisotopic (exact) mass is 287 g/mol. The van der Waals surface area contributed by atoms with Crippen molar-refractivity contribution in [2.75, 3.05) is 13.6 Å². The summed E-state index contributed by atoms with van der Waals surface area (Å²) in [6, 6.07) is 4.71. The molecule has 0 radical (unpaired) electrons. The van der Waals surface area contributed by atoms with E-state index < -0.39 is 0 Å². The summed E-state index contributed by atoms with van der Waals surface area (Å²) in [7, 11) is 2.10. The SMILES string of the molecule is CCC1CCC(CNC)C(Cc2c(C)cc(C)cc2C)C1. The lowest BCUT2D eigenvalue weighted by molar-refractivity contribution is 0.173. The maximum atomic E-state index is 3.42. The van der Waals surface area contributed by atoms with Gasteiger partial charge in [0.05, 0.1) is 0 Å². The molecule has 1 saturated carbocycles. The molecular weight excluding hydrogens is 254 g/mol. The zero-order chi connectivity index (χ0) is 15.4. The summed E-state index contributed by atoms with van der Waals surface area (Å²) < 4.78 is 0. The molecule has 118 valence electrons. The van der Waals surface area contributed by atoms with Crippen LogP contribution in [0.5, 0.6) is 0 Å². The lowest BCUT2D eigenvalue weighted by atomic mass is 9.70. The fourth-order valence-electron chi connectivity index (χ4n) is 4.37. The Morgan fingerprint density at radius 2 is 1.71 bits per heavy atom. The third-order valence-corrected chi connectivity index (χ3v) is 5.60. The quantitative estimate of drug-likeness (QED) is 0.819. The van der Waals surface area contributed by atoms with Gasteiger partial charge >= 0.3 is 0 Å². The van der Waals surface area contributed by atoms with Crippen LogP contribution in [0.15, 0.2) is 12.1 Å². The zero-order valence-corrected chi connectivity index (χ0v) is 14.6. The number of aryl methyl sites for hydroxylation is 3. The fraction of sp³-hybridized carbons (Fsp3) is 0.700. The van der Waals surface area contributed by atoms with Crippen molar-refractivity contribution in [3.8, 4) is 0 Å². The molecule has 0 bridgehead atoms. The smallest absolute Gasteiger partial charge is 0.00208 e. The minimum atomic E-state index is 0.858. The van der Waals surface area contributed by atoms with Gasteiger partial charge in [-0.15, -0.1) is 0 Å². The van der Waals surface area contributed by atoms with E-state index in [1.807, 2.05) is 0 Å². The van der Waals surface area contributed by atoms with Gasteiger partial charge in [0.1, 0.15) is 0 Å². The van der Waals surface area contributed by atoms with Crippen molar-refractivity contribution in [3.63, 3.8) is 0 Å². The Hall–Kier alpha value is -0.820. The second kappa shape index (κ2) is 7.45. The Labute approximate surface area is 131 Å². The van der Waals surface area contributed by atoms with Crippen LogP contribution in [0, 0.1) is 38.5 Å². The summed E-state index contributed by atoms with van der Waals surface area (Å²) in [6.45, 7) is 10.3. The maximum Gasteiger partial charge on any atom is -0.00208 e. The van der Waals surface area contributed by atoms with Crippen molar-refractivity contribution in [3.05, 3.63) is 34.4 Å². The molecule has 21 heavy (non-hydrogen) atoms. The van der Waals surface area contributed by atoms with Crippen molar-refractivity contribution in [2.45, 2.75) is 59.8 Å². The average molecular weight is 287 g/mol. The third-order valence-electron chi connectivity index (χ3n) is 5.60. The third kappa shape index (κ3) is 4.10. The summed E-state index contributed by atoms with van der Waals surface area (Å²) >= 11 is 0. The topological polar surface area (TPSA) is 12.0 Å². The van der Waals surface area contributed by atoms with Crippen LogP contribution in [0.1, 0.15) is 54.9 Å². The molecular formula is C20H33N. The van der Waals surface area contributed by atoms with E-state index in [4.69, 9.17) is 0 Å². The van der Waals surface area contributed by atoms with E-state index in [9.17, 15) is 0 Å². The molecule has 1 N–H and O–H groups in total. The van der Waals surface area contributed by atoms with Gasteiger partial charge in [0.25, 0.3) is 0 Å². The van der Waals surface area contributed by atoms with E-state index in [2.05, 4.69) is 52.2 Å². The van der Waals surface area contributed by atoms with Gasteiger partial charge < -0.3 is 5.32 Å². The zero-order valence-electron chi connectivity index (χ0n) is 14.6. The van der Waals surface area contributed by atoms with Gasteiger partial charge in [-0.05, 0) is 88.1 Å². The summed E-state index contributed by atoms with van der Waals surface area (Å²) in [6.07, 6.45) is 6.91. The van der Waals surface area contributed by atoms with Crippen LogP contribution in [-0.2, 0) is 6.42 Å². The molecule has 1 aliphatic carbocycles. The van der Waals surface area contributed by atoms with E-state index in [0.717, 1.165) is 17.8 Å². The Morgan fingerprint density at radius 1 is 1.05 bits per heavy atom. The summed E-state index contributed by atoms with van der Waals surface area (Å²) in [5, 5.41) is 3.42. The van der Waals surface area contributed by atoms with E-state index >= 15 is 0 Å². The number of hydrogen-bond donors (Lipinski definition) is 1. The first kappa shape index (κ1) is 16.5. The molecule has 1 aromatic rings. The highest BCUT2D eigenvalue weighted by Gasteiger charge is 2.29. The van der Waals surface area contributed by atoms with E-state index in [-0.39, 0.29) is 0 Å². The predicted molar refractivity (Wildman–Crippen MR) is 92.9 cm³/mol. The Bertz CT molecular complexity index is 440. The first-order valence-electron chi connectivity index (χ1n) is 8.76. The first-order valence-corrected chi connectivity index (χ1v) is 8.76. The van der Waals surface area contributed by atoms with Crippen LogP contribution >= 0.6 is 0 Å². The Balaban J connectivity index is 2.17. The summed E-state index contributed by atoms with van der Waals surface area (Å²) in [5.41, 5.74) is 6.00. The van der Waals surface area contributed by atoms with E-state index in [1.165, 1.54) is 55.3 Å². The number of rotatable bonds is 5. The van der Waals surface area contributed by atoms with Crippen molar-refractivity contribution in [1.82, 2.24) is 5.32 Å². The van der Waals surface area contributed by atoms with Gasteiger partial charge in [0.15, 0.2) is 0 Å². The molecule has 1 fully saturated rings. The lowest BCUT2D eigenvalue weighted by Gasteiger charge is -2.36. The largest absolute Gasteiger partial charge is 0.319 e. The normalized spacial score (nSPS) is 26.0. The maximum absolute atomic E-state index is 3.42. The number of benzene rings is 1. The molecule has 0 saturated heterocycles. The highest BCUT2D eigenvalue weighted by Crippen LogP contribution is 2.38. The second-order valence-corrected chi connectivity index (χ2v) is 7.25. The molecule has 0 aliphatic heterocycles. The molecule has 0 aromatic heterocycles. The minimum Gasteiger partial charge on any atom is -0.319 e. The average Bonchev–Trinajstić information content (AvgIpc) is 2.44. The van der Waals surface area contributed by atoms with Gasteiger partial charge in [-0.1, -0.05) is 37.5 Å². The van der Waals surface area contributed by atoms with Crippen LogP contribution in [-0.4, -0.2) is 13.6 Å². The van der Waals surface area contributed by atoms with Crippen LogP contribution in [0.25, 0.3) is 0 Å². The van der Waals surface area contributed by atoms with E-state index in [0.29, 0.717) is 0 Å². The van der Waals surface area contributed by atoms with Gasteiger partial charge in [-0.2, -0.15) is 0 Å². The molecule has 1 aromatic carbocycles. The first-order chi connectivity index (χ1) is 10.0. The Kier molecular flexibility index (Phi) is 5.87. The highest BCUT2D eigenvalue weighted by molar-refractivity contribution is 5.37. The lowest BCUT2D eigenvalue weighted by Crippen LogP contribution is -2.33. The molecule has 3 atom stereocenters. The molecule has 0 spiro atoms. The Morgan fingerprint density at radius 3 is 2.29 bits per heavy atom. The minimum absolute atomic E-state index is 0.858. The van der Waals surface area contributed by atoms with Crippen molar-refractivity contribution in [1.29, 1.82) is 0 Å². The van der Waals surface area contributed by atoms with Gasteiger partial charge in [0.2, 0.25) is 0 Å². The highest BCUT2D eigenvalue weighted by atomic mass is 14.8. The molecule has 1 heteroatoms. The summed E-state index contributed by atoms with van der Waals surface area (Å²) in [5.74, 6) is 2.67. The van der Waals surface area contributed by atoms with Crippen molar-refractivity contribution >= 4 is 0 Å². The standard InChI is InChI=1S/C20H33N/c1-6-17-7-8-18(13-21-5)19(11-17)12-20-15(3)9-14(2)10-16(20)4/h9-10,17-19,21H,6-8,11-13H2,1-5H3. The van der Waals surface area contributed by atoms with Crippen molar-refractivity contribution in [2.24, 2.45) is 17.8 Å². The molecule has 0 amide bonds. The molecule has 1 aliphatic rings. The van der Waals surface area contributed by atoms with Crippen LogP contribution in [0.3, 0.4) is 0 Å². The van der Waals surface area contributed by atoms with Gasteiger partial charge in [0, 0.05) is 0 Å². The van der Waals surface area contributed by atoms with Gasteiger partial charge in [-0.25, -0.2) is 0 Å². The second-order valence-electron chi connectivity index (χ2n) is 7.25. The van der Waals surface area contributed by atoms with Crippen LogP contribution in [0.2, 0.25) is 0 Å². The fourth-order valence-corrected chi connectivity index (χ4v) is 4.37. The van der Waals surface area contributed by atoms with E-state index in [1.54, 1.807) is 5.56 Å². The van der Waals surface area contributed by atoms with Crippen molar-refractivity contribution < 1.29 is 0 Å². The van der Waals surface area contributed by atoms with Gasteiger partial charge in [-0.3, -0.25) is 0 Å². The van der Waals surface area contributed by atoms with Crippen LogP contribution in [0.4, 0.5) is 0 Å². The number of nitrogens with one attached hydrogen (secondary N) is 1. The molecule has 0 heterocycles. The summed E-state index contributed by atoms with van der Waals surface area (Å²) in [4.78, 5) is 0. The number of hydrogen-bond acceptors (Lipinski definition) is 1. The molecule has 2 rings (SSSR count). The molecule has 3 unspecified atom stereocenters. The predicted octanol–water partition coefficient (Wildman–Crippen LogP) is 4.82. The molecule has 1 nitrogen and oxygen atoms in total. The van der Waals surface area contributed by atoms with Crippen LogP contribution < -0.4 is 5.32 Å².